The zero-order valence-corrected chi connectivity index (χ0v) is 9.70. The first kappa shape index (κ1) is 11.6. The third-order valence-electron chi connectivity index (χ3n) is 2.08. The molecule has 0 saturated carbocycles. The van der Waals surface area contributed by atoms with Crippen molar-refractivity contribution >= 4 is 23.1 Å². The Hall–Kier alpha value is -1.88. The summed E-state index contributed by atoms with van der Waals surface area (Å²) in [6.07, 6.45) is 2.34. The van der Waals surface area contributed by atoms with E-state index < -0.39 is 5.82 Å². The SMILES string of the molecule is COc1ccc(Nc2ncncc2F)cc1Cl. The van der Waals surface area contributed by atoms with Gasteiger partial charge in [-0.05, 0) is 18.2 Å². The molecule has 88 valence electrons. The van der Waals surface area contributed by atoms with Crippen molar-refractivity contribution in [1.29, 1.82) is 0 Å². The van der Waals surface area contributed by atoms with E-state index in [1.807, 2.05) is 0 Å². The highest BCUT2D eigenvalue weighted by Gasteiger charge is 2.05. The van der Waals surface area contributed by atoms with Gasteiger partial charge in [0.1, 0.15) is 12.1 Å². The fourth-order valence-electron chi connectivity index (χ4n) is 1.29. The molecule has 0 bridgehead atoms. The van der Waals surface area contributed by atoms with E-state index in [1.54, 1.807) is 18.2 Å². The maximum atomic E-state index is 13.3. The van der Waals surface area contributed by atoms with Crippen LogP contribution in [-0.2, 0) is 0 Å². The quantitative estimate of drug-likeness (QED) is 0.913. The Bertz CT molecular complexity index is 536. The molecule has 1 N–H and O–H groups in total. The van der Waals surface area contributed by atoms with Crippen LogP contribution in [0, 0.1) is 5.82 Å². The van der Waals surface area contributed by atoms with Crippen LogP contribution < -0.4 is 10.1 Å². The summed E-state index contributed by atoms with van der Waals surface area (Å²) in [5, 5.41) is 3.24. The van der Waals surface area contributed by atoms with E-state index in [-0.39, 0.29) is 5.82 Å². The van der Waals surface area contributed by atoms with Crippen LogP contribution in [0.3, 0.4) is 0 Å². The molecule has 0 spiro atoms. The van der Waals surface area contributed by atoms with E-state index in [2.05, 4.69) is 15.3 Å². The van der Waals surface area contributed by atoms with Crippen LogP contribution in [0.25, 0.3) is 0 Å². The van der Waals surface area contributed by atoms with Gasteiger partial charge in [-0.2, -0.15) is 0 Å². The third kappa shape index (κ3) is 2.62. The molecule has 0 aliphatic carbocycles. The smallest absolute Gasteiger partial charge is 0.184 e. The van der Waals surface area contributed by atoms with E-state index >= 15 is 0 Å². The van der Waals surface area contributed by atoms with Gasteiger partial charge in [-0.1, -0.05) is 11.6 Å². The van der Waals surface area contributed by atoms with Crippen molar-refractivity contribution in [2.45, 2.75) is 0 Å². The minimum atomic E-state index is -0.528. The number of anilines is 2. The Morgan fingerprint density at radius 3 is 2.88 bits per heavy atom. The van der Waals surface area contributed by atoms with Crippen LogP contribution in [0.1, 0.15) is 0 Å². The number of benzene rings is 1. The number of ether oxygens (including phenoxy) is 1. The number of nitrogens with one attached hydrogen (secondary N) is 1. The lowest BCUT2D eigenvalue weighted by Crippen LogP contribution is -1.97. The monoisotopic (exact) mass is 253 g/mol. The summed E-state index contributed by atoms with van der Waals surface area (Å²) in [6, 6.07) is 5.03. The van der Waals surface area contributed by atoms with Crippen molar-refractivity contribution < 1.29 is 9.13 Å². The van der Waals surface area contributed by atoms with Crippen LogP contribution in [0.2, 0.25) is 5.02 Å². The van der Waals surface area contributed by atoms with Gasteiger partial charge in [0, 0.05) is 5.69 Å². The highest BCUT2D eigenvalue weighted by atomic mass is 35.5. The molecule has 17 heavy (non-hydrogen) atoms. The molecule has 4 nitrogen and oxygen atoms in total. The Morgan fingerprint density at radius 2 is 2.24 bits per heavy atom. The van der Waals surface area contributed by atoms with Gasteiger partial charge in [0.2, 0.25) is 0 Å². The van der Waals surface area contributed by atoms with Crippen LogP contribution in [-0.4, -0.2) is 17.1 Å². The summed E-state index contributed by atoms with van der Waals surface area (Å²) in [4.78, 5) is 7.33. The van der Waals surface area contributed by atoms with Crippen molar-refractivity contribution in [3.05, 3.63) is 41.6 Å². The fraction of sp³-hybridized carbons (Fsp3) is 0.0909. The lowest BCUT2D eigenvalue weighted by molar-refractivity contribution is 0.415. The van der Waals surface area contributed by atoms with Crippen LogP contribution in [0.5, 0.6) is 5.75 Å². The molecular weight excluding hydrogens is 245 g/mol. The first-order chi connectivity index (χ1) is 8.20. The zero-order chi connectivity index (χ0) is 12.3. The summed E-state index contributed by atoms with van der Waals surface area (Å²) < 4.78 is 18.3. The molecular formula is C11H9ClFN3O. The van der Waals surface area contributed by atoms with Crippen molar-refractivity contribution in [3.63, 3.8) is 0 Å². The number of methoxy groups -OCH3 is 1. The number of hydrogen-bond donors (Lipinski definition) is 1. The maximum absolute atomic E-state index is 13.3. The molecule has 2 rings (SSSR count). The average molecular weight is 254 g/mol. The zero-order valence-electron chi connectivity index (χ0n) is 8.95. The van der Waals surface area contributed by atoms with Crippen LogP contribution in [0.4, 0.5) is 15.9 Å². The molecule has 0 aliphatic heterocycles. The summed E-state index contributed by atoms with van der Waals surface area (Å²) in [5.74, 6) is 0.126. The molecule has 2 aromatic rings. The number of halogens is 2. The first-order valence-corrected chi connectivity index (χ1v) is 5.14. The minimum Gasteiger partial charge on any atom is -0.495 e. The summed E-state index contributed by atoms with van der Waals surface area (Å²) in [5.41, 5.74) is 0.619. The highest BCUT2D eigenvalue weighted by Crippen LogP contribution is 2.28. The van der Waals surface area contributed by atoms with Gasteiger partial charge < -0.3 is 10.1 Å². The number of rotatable bonds is 3. The molecule has 0 fully saturated rings. The largest absolute Gasteiger partial charge is 0.495 e. The summed E-state index contributed by atoms with van der Waals surface area (Å²) >= 11 is 5.94. The van der Waals surface area contributed by atoms with Gasteiger partial charge >= 0.3 is 0 Å². The standard InChI is InChI=1S/C11H9ClFN3O/c1-17-10-3-2-7(4-8(10)12)16-11-9(13)5-14-6-15-11/h2-6H,1H3,(H,14,15,16). The molecule has 6 heteroatoms. The number of hydrogen-bond acceptors (Lipinski definition) is 4. The second-order valence-electron chi connectivity index (χ2n) is 3.19. The Morgan fingerprint density at radius 1 is 1.41 bits per heavy atom. The van der Waals surface area contributed by atoms with Gasteiger partial charge in [0.25, 0.3) is 0 Å². The van der Waals surface area contributed by atoms with Crippen LogP contribution in [0.15, 0.2) is 30.7 Å². The van der Waals surface area contributed by atoms with Crippen molar-refractivity contribution in [1.82, 2.24) is 9.97 Å². The van der Waals surface area contributed by atoms with E-state index in [0.29, 0.717) is 16.5 Å². The molecule has 0 unspecified atom stereocenters. The predicted octanol–water partition coefficient (Wildman–Crippen LogP) is 3.02. The predicted molar refractivity (Wildman–Crippen MR) is 63.3 cm³/mol. The lowest BCUT2D eigenvalue weighted by Gasteiger charge is -2.08. The first-order valence-electron chi connectivity index (χ1n) is 4.77. The van der Waals surface area contributed by atoms with E-state index in [1.165, 1.54) is 13.4 Å². The molecule has 0 radical (unpaired) electrons. The second kappa shape index (κ2) is 4.97. The Kier molecular flexibility index (Phi) is 3.39. The van der Waals surface area contributed by atoms with Gasteiger partial charge in [0.15, 0.2) is 11.6 Å². The summed E-state index contributed by atoms with van der Waals surface area (Å²) in [7, 11) is 1.53. The maximum Gasteiger partial charge on any atom is 0.184 e. The normalized spacial score (nSPS) is 10.1. The van der Waals surface area contributed by atoms with Crippen molar-refractivity contribution in [3.8, 4) is 5.75 Å². The van der Waals surface area contributed by atoms with Crippen molar-refractivity contribution in [2.24, 2.45) is 0 Å². The van der Waals surface area contributed by atoms with Crippen molar-refractivity contribution in [2.75, 3.05) is 12.4 Å². The van der Waals surface area contributed by atoms with Gasteiger partial charge in [0.05, 0.1) is 18.3 Å². The number of nitrogens with zero attached hydrogens (tertiary/aromatic N) is 2. The lowest BCUT2D eigenvalue weighted by atomic mass is 10.3. The molecule has 1 aromatic heterocycles. The third-order valence-corrected chi connectivity index (χ3v) is 2.38. The van der Waals surface area contributed by atoms with Gasteiger partial charge in [-0.3, -0.25) is 0 Å². The van der Waals surface area contributed by atoms with E-state index in [0.717, 1.165) is 6.20 Å². The van der Waals surface area contributed by atoms with E-state index in [4.69, 9.17) is 16.3 Å². The van der Waals surface area contributed by atoms with E-state index in [9.17, 15) is 4.39 Å². The Labute approximate surface area is 102 Å². The topological polar surface area (TPSA) is 47.0 Å². The molecule has 0 aliphatic rings. The Balaban J connectivity index is 2.25. The minimum absolute atomic E-state index is 0.0984. The molecule has 1 aromatic carbocycles. The average Bonchev–Trinajstić information content (AvgIpc) is 2.32. The summed E-state index contributed by atoms with van der Waals surface area (Å²) in [6.45, 7) is 0. The molecule has 0 atom stereocenters. The number of aromatic nitrogens is 2. The van der Waals surface area contributed by atoms with Crippen LogP contribution >= 0.6 is 11.6 Å². The second-order valence-corrected chi connectivity index (χ2v) is 3.60. The molecule has 0 saturated heterocycles. The van der Waals surface area contributed by atoms with Gasteiger partial charge in [-0.25, -0.2) is 14.4 Å². The molecule has 1 heterocycles. The highest BCUT2D eigenvalue weighted by molar-refractivity contribution is 6.32. The molecule has 0 amide bonds. The fourth-order valence-corrected chi connectivity index (χ4v) is 1.54. The van der Waals surface area contributed by atoms with Gasteiger partial charge in [-0.15, -0.1) is 0 Å².